The van der Waals surface area contributed by atoms with Crippen LogP contribution < -0.4 is 5.32 Å². The van der Waals surface area contributed by atoms with E-state index in [2.05, 4.69) is 5.32 Å². The molecule has 0 aliphatic heterocycles. The van der Waals surface area contributed by atoms with Crippen molar-refractivity contribution < 1.29 is 19.9 Å². The number of hydrogen-bond acceptors (Lipinski definition) is 3. The number of nitrogens with zero attached hydrogens (tertiary/aromatic N) is 1. The van der Waals surface area contributed by atoms with Crippen molar-refractivity contribution in [3.8, 4) is 0 Å². The van der Waals surface area contributed by atoms with Crippen LogP contribution in [0.5, 0.6) is 0 Å². The number of nitrogens with one attached hydrogen (secondary N) is 1. The van der Waals surface area contributed by atoms with Crippen LogP contribution in [0.25, 0.3) is 10.9 Å². The molecule has 0 atom stereocenters. The number of anilines is 1. The number of aryl methyl sites for hydroxylation is 2. The normalized spacial score (nSPS) is 10.8. The zero-order chi connectivity index (χ0) is 18.7. The predicted molar refractivity (Wildman–Crippen MR) is 98.8 cm³/mol. The topological polar surface area (TPSA) is 91.6 Å². The van der Waals surface area contributed by atoms with Crippen LogP contribution in [-0.2, 0) is 11.2 Å². The van der Waals surface area contributed by atoms with Crippen LogP contribution in [0.1, 0.15) is 34.3 Å². The molecule has 0 saturated carbocycles. The van der Waals surface area contributed by atoms with Gasteiger partial charge in [0.1, 0.15) is 0 Å². The molecule has 0 radical (unpaired) electrons. The van der Waals surface area contributed by atoms with Gasteiger partial charge in [-0.2, -0.15) is 4.73 Å². The van der Waals surface area contributed by atoms with Crippen LogP contribution in [0.4, 0.5) is 5.69 Å². The Balaban J connectivity index is 1.64. The molecule has 6 nitrogen and oxygen atoms in total. The Kier molecular flexibility index (Phi) is 4.93. The van der Waals surface area contributed by atoms with Crippen molar-refractivity contribution in [2.45, 2.75) is 26.2 Å². The second-order valence-corrected chi connectivity index (χ2v) is 6.22. The van der Waals surface area contributed by atoms with Crippen LogP contribution in [0.3, 0.4) is 0 Å². The molecule has 6 heteroatoms. The van der Waals surface area contributed by atoms with Crippen molar-refractivity contribution in [3.05, 3.63) is 65.4 Å². The number of aromatic carboxylic acids is 1. The number of fused-ring (bicyclic) bond motifs is 1. The third-order valence-electron chi connectivity index (χ3n) is 4.39. The Morgan fingerprint density at radius 1 is 1.12 bits per heavy atom. The number of hydrogen-bond donors (Lipinski definition) is 3. The van der Waals surface area contributed by atoms with Gasteiger partial charge in [0.2, 0.25) is 5.91 Å². The largest absolute Gasteiger partial charge is 0.478 e. The second kappa shape index (κ2) is 7.31. The highest BCUT2D eigenvalue weighted by atomic mass is 16.5. The summed E-state index contributed by atoms with van der Waals surface area (Å²) in [5, 5.41) is 22.8. The third kappa shape index (κ3) is 3.54. The van der Waals surface area contributed by atoms with Gasteiger partial charge in [-0.1, -0.05) is 30.3 Å². The fourth-order valence-corrected chi connectivity index (χ4v) is 3.08. The highest BCUT2D eigenvalue weighted by Gasteiger charge is 2.14. The highest BCUT2D eigenvalue weighted by molar-refractivity contribution is 6.01. The molecule has 0 spiro atoms. The lowest BCUT2D eigenvalue weighted by atomic mass is 10.1. The molecular weight excluding hydrogens is 332 g/mol. The number of rotatable bonds is 6. The molecule has 1 heterocycles. The quantitative estimate of drug-likeness (QED) is 0.588. The van der Waals surface area contributed by atoms with Crippen molar-refractivity contribution in [1.82, 2.24) is 4.73 Å². The van der Waals surface area contributed by atoms with Gasteiger partial charge in [0, 0.05) is 18.0 Å². The van der Waals surface area contributed by atoms with Crippen molar-refractivity contribution in [2.75, 3.05) is 5.32 Å². The standard InChI is InChI=1S/C20H20N2O4/c1-13-6-4-9-16(20(24)25)19(13)21-18(23)11-5-7-14-12-22(26)17-10-3-2-8-15(14)17/h2-4,6,8-10,12,26H,5,7,11H2,1H3,(H,21,23)(H,24,25). The zero-order valence-corrected chi connectivity index (χ0v) is 14.4. The Labute approximate surface area is 150 Å². The number of para-hydroxylation sites is 2. The summed E-state index contributed by atoms with van der Waals surface area (Å²) in [6, 6.07) is 12.4. The molecule has 1 aromatic heterocycles. The van der Waals surface area contributed by atoms with E-state index in [1.807, 2.05) is 24.3 Å². The third-order valence-corrected chi connectivity index (χ3v) is 4.39. The monoisotopic (exact) mass is 352 g/mol. The van der Waals surface area contributed by atoms with E-state index < -0.39 is 5.97 Å². The van der Waals surface area contributed by atoms with Gasteiger partial charge in [-0.05, 0) is 43.0 Å². The number of aromatic nitrogens is 1. The van der Waals surface area contributed by atoms with Gasteiger partial charge in [-0.3, -0.25) is 4.79 Å². The van der Waals surface area contributed by atoms with Crippen molar-refractivity contribution in [3.63, 3.8) is 0 Å². The SMILES string of the molecule is Cc1cccc(C(=O)O)c1NC(=O)CCCc1cn(O)c2ccccc12. The van der Waals surface area contributed by atoms with Crippen LogP contribution in [-0.4, -0.2) is 26.9 Å². The number of carbonyl (C=O) groups is 2. The van der Waals surface area contributed by atoms with Gasteiger partial charge in [0.25, 0.3) is 0 Å². The minimum absolute atomic E-state index is 0.0849. The van der Waals surface area contributed by atoms with Gasteiger partial charge in [-0.25, -0.2) is 4.79 Å². The van der Waals surface area contributed by atoms with E-state index in [1.54, 1.807) is 25.3 Å². The van der Waals surface area contributed by atoms with Crippen molar-refractivity contribution in [1.29, 1.82) is 0 Å². The number of amides is 1. The minimum atomic E-state index is -1.07. The maximum absolute atomic E-state index is 12.2. The first-order chi connectivity index (χ1) is 12.5. The molecule has 3 rings (SSSR count). The van der Waals surface area contributed by atoms with E-state index in [1.165, 1.54) is 6.07 Å². The summed E-state index contributed by atoms with van der Waals surface area (Å²) >= 11 is 0. The molecule has 3 N–H and O–H groups in total. The summed E-state index contributed by atoms with van der Waals surface area (Å²) in [6.45, 7) is 1.76. The lowest BCUT2D eigenvalue weighted by Crippen LogP contribution is -2.15. The van der Waals surface area contributed by atoms with Gasteiger partial charge < -0.3 is 15.6 Å². The molecule has 26 heavy (non-hydrogen) atoms. The summed E-state index contributed by atoms with van der Waals surface area (Å²) in [5.41, 5.74) is 2.84. The Hall–Kier alpha value is -3.28. The molecule has 0 unspecified atom stereocenters. The van der Waals surface area contributed by atoms with E-state index in [9.17, 15) is 19.9 Å². The smallest absolute Gasteiger partial charge is 0.337 e. The molecule has 0 bridgehead atoms. The molecule has 3 aromatic rings. The minimum Gasteiger partial charge on any atom is -0.478 e. The van der Waals surface area contributed by atoms with Gasteiger partial charge in [-0.15, -0.1) is 0 Å². The average molecular weight is 352 g/mol. The molecule has 1 amide bonds. The summed E-state index contributed by atoms with van der Waals surface area (Å²) in [5.74, 6) is -1.30. The highest BCUT2D eigenvalue weighted by Crippen LogP contribution is 2.23. The zero-order valence-electron chi connectivity index (χ0n) is 14.4. The van der Waals surface area contributed by atoms with Gasteiger partial charge in [0.05, 0.1) is 16.8 Å². The van der Waals surface area contributed by atoms with Crippen molar-refractivity contribution in [2.24, 2.45) is 0 Å². The maximum Gasteiger partial charge on any atom is 0.337 e. The van der Waals surface area contributed by atoms with Crippen molar-refractivity contribution >= 4 is 28.5 Å². The summed E-state index contributed by atoms with van der Waals surface area (Å²) in [7, 11) is 0. The Morgan fingerprint density at radius 3 is 2.65 bits per heavy atom. The van der Waals surface area contributed by atoms with Gasteiger partial charge in [0.15, 0.2) is 0 Å². The van der Waals surface area contributed by atoms with E-state index in [0.717, 1.165) is 21.2 Å². The fourth-order valence-electron chi connectivity index (χ4n) is 3.08. The summed E-state index contributed by atoms with van der Waals surface area (Å²) in [6.07, 6.45) is 3.15. The maximum atomic E-state index is 12.2. The predicted octanol–water partition coefficient (Wildman–Crippen LogP) is 3.85. The molecule has 0 saturated heterocycles. The van der Waals surface area contributed by atoms with Crippen LogP contribution in [0.2, 0.25) is 0 Å². The second-order valence-electron chi connectivity index (χ2n) is 6.22. The number of carboxylic acids is 1. The van der Waals surface area contributed by atoms with E-state index >= 15 is 0 Å². The fraction of sp³-hybridized carbons (Fsp3) is 0.200. The van der Waals surface area contributed by atoms with E-state index in [0.29, 0.717) is 24.1 Å². The average Bonchev–Trinajstić information content (AvgIpc) is 2.93. The number of benzene rings is 2. The molecule has 0 aliphatic rings. The van der Waals surface area contributed by atoms with E-state index in [-0.39, 0.29) is 17.9 Å². The van der Waals surface area contributed by atoms with Crippen LogP contribution >= 0.6 is 0 Å². The molecule has 2 aromatic carbocycles. The summed E-state index contributed by atoms with van der Waals surface area (Å²) < 4.78 is 1.09. The summed E-state index contributed by atoms with van der Waals surface area (Å²) in [4.78, 5) is 23.5. The molecule has 0 aliphatic carbocycles. The van der Waals surface area contributed by atoms with Crippen LogP contribution in [0, 0.1) is 6.92 Å². The molecule has 0 fully saturated rings. The Bertz CT molecular complexity index is 975. The first-order valence-electron chi connectivity index (χ1n) is 8.38. The number of carboxylic acid groups (broad SMARTS) is 1. The first-order valence-corrected chi connectivity index (χ1v) is 8.38. The van der Waals surface area contributed by atoms with Crippen LogP contribution in [0.15, 0.2) is 48.7 Å². The van der Waals surface area contributed by atoms with E-state index in [4.69, 9.17) is 0 Å². The van der Waals surface area contributed by atoms with Gasteiger partial charge >= 0.3 is 5.97 Å². The Morgan fingerprint density at radius 2 is 1.88 bits per heavy atom. The molecule has 134 valence electrons. The molecular formula is C20H20N2O4. The lowest BCUT2D eigenvalue weighted by molar-refractivity contribution is -0.116. The lowest BCUT2D eigenvalue weighted by Gasteiger charge is -2.11. The number of carbonyl (C=O) groups excluding carboxylic acids is 1. The first kappa shape index (κ1) is 17.5.